The number of hydrogen-bond donors (Lipinski definition) is 2. The molecule has 0 aliphatic heterocycles. The zero-order valence-corrected chi connectivity index (χ0v) is 10.6. The van der Waals surface area contributed by atoms with Crippen molar-refractivity contribution in [1.82, 2.24) is 9.97 Å². The molecule has 0 radical (unpaired) electrons. The summed E-state index contributed by atoms with van der Waals surface area (Å²) < 4.78 is 0. The Hall–Kier alpha value is -2.21. The van der Waals surface area contributed by atoms with Gasteiger partial charge in [0.1, 0.15) is 4.99 Å². The van der Waals surface area contributed by atoms with E-state index in [0.717, 1.165) is 11.3 Å². The number of nitrogens with zero attached hydrogens (tertiary/aromatic N) is 2. The lowest BCUT2D eigenvalue weighted by Gasteiger charge is -2.17. The first kappa shape index (κ1) is 12.3. The molecule has 3 N–H and O–H groups in total. The highest BCUT2D eigenvalue weighted by atomic mass is 32.1. The molecule has 2 aromatic rings. The van der Waals surface area contributed by atoms with Gasteiger partial charge in [0.05, 0.1) is 0 Å². The predicted octanol–water partition coefficient (Wildman–Crippen LogP) is 1.17. The summed E-state index contributed by atoms with van der Waals surface area (Å²) in [5, 5.41) is 0. The van der Waals surface area contributed by atoms with Gasteiger partial charge in [-0.1, -0.05) is 12.2 Å². The molecule has 18 heavy (non-hydrogen) atoms. The maximum Gasteiger partial charge on any atom is 0.291 e. The Morgan fingerprint density at radius 3 is 2.61 bits per heavy atom. The fraction of sp³-hybridized carbons (Fsp3) is 0.0833. The quantitative estimate of drug-likeness (QED) is 0.810. The summed E-state index contributed by atoms with van der Waals surface area (Å²) in [7, 11) is 1.77. The van der Waals surface area contributed by atoms with Gasteiger partial charge >= 0.3 is 0 Å². The van der Waals surface area contributed by atoms with E-state index in [-0.39, 0.29) is 5.56 Å². The lowest BCUT2D eigenvalue weighted by Crippen LogP contribution is -2.21. The predicted molar refractivity (Wildman–Crippen MR) is 75.3 cm³/mol. The minimum Gasteiger partial charge on any atom is -0.389 e. The highest BCUT2D eigenvalue weighted by molar-refractivity contribution is 7.80. The van der Waals surface area contributed by atoms with Crippen molar-refractivity contribution in [2.24, 2.45) is 5.73 Å². The number of anilines is 2. The molecule has 1 aromatic carbocycles. The monoisotopic (exact) mass is 260 g/mol. The minimum atomic E-state index is -0.238. The van der Waals surface area contributed by atoms with Gasteiger partial charge in [-0.3, -0.25) is 4.79 Å². The van der Waals surface area contributed by atoms with E-state index < -0.39 is 0 Å². The molecule has 92 valence electrons. The van der Waals surface area contributed by atoms with Crippen LogP contribution in [-0.4, -0.2) is 22.0 Å². The van der Waals surface area contributed by atoms with Crippen LogP contribution < -0.4 is 16.2 Å². The Labute approximate surface area is 109 Å². The molecule has 0 bridgehead atoms. The van der Waals surface area contributed by atoms with E-state index in [1.165, 1.54) is 12.4 Å². The van der Waals surface area contributed by atoms with Gasteiger partial charge in [0.2, 0.25) is 0 Å². The van der Waals surface area contributed by atoms with E-state index >= 15 is 0 Å². The Morgan fingerprint density at radius 1 is 1.39 bits per heavy atom. The van der Waals surface area contributed by atoms with Crippen molar-refractivity contribution in [2.45, 2.75) is 0 Å². The van der Waals surface area contributed by atoms with Crippen LogP contribution in [0.1, 0.15) is 5.56 Å². The smallest absolute Gasteiger partial charge is 0.291 e. The van der Waals surface area contributed by atoms with Crippen molar-refractivity contribution in [3.05, 3.63) is 52.6 Å². The van der Waals surface area contributed by atoms with Gasteiger partial charge in [-0.2, -0.15) is 0 Å². The molecule has 6 heteroatoms. The first-order chi connectivity index (χ1) is 8.59. The molecule has 0 amide bonds. The third-order valence-corrected chi connectivity index (χ3v) is 2.78. The Balaban J connectivity index is 2.35. The van der Waals surface area contributed by atoms with Crippen LogP contribution in [0.2, 0.25) is 0 Å². The topological polar surface area (TPSA) is 75.0 Å². The lowest BCUT2D eigenvalue weighted by molar-refractivity contribution is 1.05. The minimum absolute atomic E-state index is 0.238. The zero-order chi connectivity index (χ0) is 13.1. The van der Waals surface area contributed by atoms with Gasteiger partial charge in [0, 0.05) is 30.7 Å². The Bertz CT molecular complexity index is 620. The molecule has 0 saturated heterocycles. The Morgan fingerprint density at radius 2 is 2.06 bits per heavy atom. The van der Waals surface area contributed by atoms with Gasteiger partial charge in [-0.15, -0.1) is 0 Å². The van der Waals surface area contributed by atoms with Gasteiger partial charge in [0.25, 0.3) is 5.56 Å². The SMILES string of the molecule is CN(c1ccc(C(N)=S)cc1)c1ncc[nH]c1=O. The summed E-state index contributed by atoms with van der Waals surface area (Å²) in [6.07, 6.45) is 3.03. The normalized spacial score (nSPS) is 10.1. The van der Waals surface area contributed by atoms with E-state index in [9.17, 15) is 4.79 Å². The molecule has 0 atom stereocenters. The highest BCUT2D eigenvalue weighted by Crippen LogP contribution is 2.18. The number of H-pyrrole nitrogens is 1. The van der Waals surface area contributed by atoms with Crippen LogP contribution in [0.3, 0.4) is 0 Å². The van der Waals surface area contributed by atoms with Crippen LogP contribution in [0.25, 0.3) is 0 Å². The average Bonchev–Trinajstić information content (AvgIpc) is 2.38. The third kappa shape index (κ3) is 2.38. The van der Waals surface area contributed by atoms with E-state index in [1.807, 2.05) is 24.3 Å². The molecule has 0 aliphatic rings. The standard InChI is InChI=1S/C12H12N4OS/c1-16(11-12(17)15-7-6-14-11)9-4-2-8(3-5-9)10(13)18/h2-7H,1H3,(H2,13,18)(H,15,17). The summed E-state index contributed by atoms with van der Waals surface area (Å²) in [5.41, 5.74) is 6.91. The van der Waals surface area contributed by atoms with Crippen molar-refractivity contribution >= 4 is 28.7 Å². The fourth-order valence-electron chi connectivity index (χ4n) is 1.55. The van der Waals surface area contributed by atoms with Crippen molar-refractivity contribution in [3.8, 4) is 0 Å². The molecule has 1 aromatic heterocycles. The highest BCUT2D eigenvalue weighted by Gasteiger charge is 2.09. The summed E-state index contributed by atoms with van der Waals surface area (Å²) in [5.74, 6) is 0.334. The number of rotatable bonds is 3. The second kappa shape index (κ2) is 4.97. The first-order valence-corrected chi connectivity index (χ1v) is 5.67. The molecule has 0 saturated carbocycles. The summed E-state index contributed by atoms with van der Waals surface area (Å²) in [6.45, 7) is 0. The molecule has 0 unspecified atom stereocenters. The molecule has 0 spiro atoms. The van der Waals surface area contributed by atoms with Crippen LogP contribution >= 0.6 is 12.2 Å². The second-order valence-electron chi connectivity index (χ2n) is 3.71. The number of nitrogens with two attached hydrogens (primary N) is 1. The Kier molecular flexibility index (Phi) is 3.38. The maximum atomic E-state index is 11.6. The van der Waals surface area contributed by atoms with Crippen molar-refractivity contribution in [1.29, 1.82) is 0 Å². The van der Waals surface area contributed by atoms with Crippen LogP contribution in [0.15, 0.2) is 41.5 Å². The lowest BCUT2D eigenvalue weighted by atomic mass is 10.2. The van der Waals surface area contributed by atoms with Crippen LogP contribution in [0, 0.1) is 0 Å². The van der Waals surface area contributed by atoms with Crippen LogP contribution in [-0.2, 0) is 0 Å². The number of hydrogen-bond acceptors (Lipinski definition) is 4. The van der Waals surface area contributed by atoms with E-state index in [0.29, 0.717) is 10.8 Å². The van der Waals surface area contributed by atoms with E-state index in [4.69, 9.17) is 18.0 Å². The molecule has 2 rings (SSSR count). The summed E-state index contributed by atoms with van der Waals surface area (Å²) in [6, 6.07) is 7.29. The molecular formula is C12H12N4OS. The molecule has 5 nitrogen and oxygen atoms in total. The average molecular weight is 260 g/mol. The van der Waals surface area contributed by atoms with E-state index in [1.54, 1.807) is 11.9 Å². The number of benzene rings is 1. The molecular weight excluding hydrogens is 248 g/mol. The van der Waals surface area contributed by atoms with E-state index in [2.05, 4.69) is 9.97 Å². The largest absolute Gasteiger partial charge is 0.389 e. The van der Waals surface area contributed by atoms with Crippen LogP contribution in [0.5, 0.6) is 0 Å². The number of aromatic nitrogens is 2. The van der Waals surface area contributed by atoms with Gasteiger partial charge in [-0.25, -0.2) is 4.98 Å². The van der Waals surface area contributed by atoms with Crippen molar-refractivity contribution < 1.29 is 0 Å². The summed E-state index contributed by atoms with van der Waals surface area (Å²) >= 11 is 4.88. The second-order valence-corrected chi connectivity index (χ2v) is 4.15. The third-order valence-electron chi connectivity index (χ3n) is 2.55. The van der Waals surface area contributed by atoms with Gasteiger partial charge in [-0.05, 0) is 24.3 Å². The molecule has 1 heterocycles. The summed E-state index contributed by atoms with van der Waals surface area (Å²) in [4.78, 5) is 20.3. The number of thiocarbonyl (C=S) groups is 1. The number of nitrogens with one attached hydrogen (secondary N) is 1. The fourth-order valence-corrected chi connectivity index (χ4v) is 1.69. The first-order valence-electron chi connectivity index (χ1n) is 5.27. The molecule has 0 fully saturated rings. The van der Waals surface area contributed by atoms with Gasteiger partial charge < -0.3 is 15.6 Å². The molecule has 0 aliphatic carbocycles. The maximum absolute atomic E-state index is 11.6. The van der Waals surface area contributed by atoms with Gasteiger partial charge in [0.15, 0.2) is 5.82 Å². The van der Waals surface area contributed by atoms with Crippen LogP contribution in [0.4, 0.5) is 11.5 Å². The van der Waals surface area contributed by atoms with Crippen molar-refractivity contribution in [3.63, 3.8) is 0 Å². The van der Waals surface area contributed by atoms with Crippen molar-refractivity contribution in [2.75, 3.05) is 11.9 Å². The zero-order valence-electron chi connectivity index (χ0n) is 9.75. The number of aromatic amines is 1.